The van der Waals surface area contributed by atoms with E-state index in [0.717, 1.165) is 69.9 Å². The maximum absolute atomic E-state index is 13.3. The SMILES string of the molecule is O=C(CN(C1CCCCC1)S(=O)(=O)c1ccc(F)cc1)NC1CCCCCCC1. The number of carbonyl (C=O) groups is 1. The predicted octanol–water partition coefficient (Wildman–Crippen LogP) is 4.38. The average molecular weight is 425 g/mol. The largest absolute Gasteiger partial charge is 0.352 e. The van der Waals surface area contributed by atoms with Gasteiger partial charge in [0.1, 0.15) is 5.82 Å². The van der Waals surface area contributed by atoms with Crippen LogP contribution in [0.5, 0.6) is 0 Å². The lowest BCUT2D eigenvalue weighted by molar-refractivity contribution is -0.122. The number of nitrogens with one attached hydrogen (secondary N) is 1. The zero-order valence-electron chi connectivity index (χ0n) is 17.1. The van der Waals surface area contributed by atoms with Crippen LogP contribution in [0.4, 0.5) is 4.39 Å². The number of carbonyl (C=O) groups excluding carboxylic acids is 1. The van der Waals surface area contributed by atoms with Gasteiger partial charge in [-0.25, -0.2) is 12.8 Å². The van der Waals surface area contributed by atoms with E-state index in [1.165, 1.54) is 35.7 Å². The Balaban J connectivity index is 1.74. The van der Waals surface area contributed by atoms with E-state index in [4.69, 9.17) is 0 Å². The van der Waals surface area contributed by atoms with Gasteiger partial charge in [0.15, 0.2) is 0 Å². The predicted molar refractivity (Wildman–Crippen MR) is 111 cm³/mol. The first kappa shape index (κ1) is 22.2. The molecule has 7 heteroatoms. The van der Waals surface area contributed by atoms with Gasteiger partial charge in [-0.05, 0) is 49.9 Å². The Hall–Kier alpha value is -1.47. The summed E-state index contributed by atoms with van der Waals surface area (Å²) in [4.78, 5) is 12.9. The summed E-state index contributed by atoms with van der Waals surface area (Å²) in [6.07, 6.45) is 12.3. The number of nitrogens with zero attached hydrogens (tertiary/aromatic N) is 1. The highest BCUT2D eigenvalue weighted by Crippen LogP contribution is 2.28. The van der Waals surface area contributed by atoms with Gasteiger partial charge >= 0.3 is 0 Å². The van der Waals surface area contributed by atoms with Crippen molar-refractivity contribution in [3.63, 3.8) is 0 Å². The molecule has 0 atom stereocenters. The van der Waals surface area contributed by atoms with Crippen LogP contribution in [0.2, 0.25) is 0 Å². The molecule has 0 heterocycles. The molecule has 0 unspecified atom stereocenters. The van der Waals surface area contributed by atoms with Crippen molar-refractivity contribution in [1.82, 2.24) is 9.62 Å². The number of hydrogen-bond acceptors (Lipinski definition) is 3. The number of hydrogen-bond donors (Lipinski definition) is 1. The van der Waals surface area contributed by atoms with Gasteiger partial charge in [-0.2, -0.15) is 4.31 Å². The number of rotatable bonds is 6. The van der Waals surface area contributed by atoms with Crippen molar-refractivity contribution in [1.29, 1.82) is 0 Å². The van der Waals surface area contributed by atoms with Gasteiger partial charge in [-0.3, -0.25) is 4.79 Å². The molecule has 0 spiro atoms. The molecule has 0 aliphatic heterocycles. The Kier molecular flexibility index (Phi) is 8.07. The molecule has 2 fully saturated rings. The van der Waals surface area contributed by atoms with Gasteiger partial charge in [-0.15, -0.1) is 0 Å². The normalized spacial score (nSPS) is 20.2. The third kappa shape index (κ3) is 6.25. The molecule has 5 nitrogen and oxygen atoms in total. The second-order valence-corrected chi connectivity index (χ2v) is 10.3. The minimum Gasteiger partial charge on any atom is -0.352 e. The summed E-state index contributed by atoms with van der Waals surface area (Å²) in [6, 6.07) is 4.83. The smallest absolute Gasteiger partial charge is 0.243 e. The minimum atomic E-state index is -3.86. The highest BCUT2D eigenvalue weighted by Gasteiger charge is 2.34. The van der Waals surface area contributed by atoms with Crippen LogP contribution in [0.3, 0.4) is 0 Å². The maximum Gasteiger partial charge on any atom is 0.243 e. The molecule has 162 valence electrons. The molecule has 1 amide bonds. The first-order valence-electron chi connectivity index (χ1n) is 11.0. The van der Waals surface area contributed by atoms with E-state index in [-0.39, 0.29) is 29.4 Å². The summed E-state index contributed by atoms with van der Waals surface area (Å²) < 4.78 is 41.2. The van der Waals surface area contributed by atoms with Crippen molar-refractivity contribution in [2.24, 2.45) is 0 Å². The van der Waals surface area contributed by atoms with Gasteiger partial charge in [-0.1, -0.05) is 51.4 Å². The quantitative estimate of drug-likeness (QED) is 0.737. The fourth-order valence-corrected chi connectivity index (χ4v) is 6.18. The van der Waals surface area contributed by atoms with E-state index >= 15 is 0 Å². The molecule has 0 aromatic heterocycles. The van der Waals surface area contributed by atoms with Crippen LogP contribution in [-0.4, -0.2) is 37.3 Å². The number of benzene rings is 1. The molecule has 1 aromatic carbocycles. The van der Waals surface area contributed by atoms with Gasteiger partial charge in [0.2, 0.25) is 15.9 Å². The zero-order chi connectivity index (χ0) is 20.7. The lowest BCUT2D eigenvalue weighted by Gasteiger charge is -2.33. The topological polar surface area (TPSA) is 66.5 Å². The van der Waals surface area contributed by atoms with E-state index in [1.54, 1.807) is 0 Å². The minimum absolute atomic E-state index is 0.0447. The molecule has 29 heavy (non-hydrogen) atoms. The summed E-state index contributed by atoms with van der Waals surface area (Å²) in [6.45, 7) is -0.166. The second kappa shape index (κ2) is 10.5. The lowest BCUT2D eigenvalue weighted by Crippen LogP contribution is -2.48. The first-order valence-corrected chi connectivity index (χ1v) is 12.5. The van der Waals surface area contributed by atoms with E-state index in [2.05, 4.69) is 5.32 Å². The molecular formula is C22H33FN2O3S. The standard InChI is InChI=1S/C22H33FN2O3S/c23-18-13-15-21(16-14-18)29(27,28)25(20-11-7-4-8-12-20)17-22(26)24-19-9-5-2-1-3-6-10-19/h13-16,19-20H,1-12,17H2,(H,24,26). The van der Waals surface area contributed by atoms with Gasteiger partial charge in [0.25, 0.3) is 0 Å². The van der Waals surface area contributed by atoms with E-state index in [0.29, 0.717) is 0 Å². The molecule has 1 aromatic rings. The molecule has 0 saturated heterocycles. The van der Waals surface area contributed by atoms with Crippen LogP contribution >= 0.6 is 0 Å². The highest BCUT2D eigenvalue weighted by atomic mass is 32.2. The molecular weight excluding hydrogens is 391 g/mol. The Bertz CT molecular complexity index is 753. The van der Waals surface area contributed by atoms with Crippen LogP contribution in [0.25, 0.3) is 0 Å². The number of sulfonamides is 1. The van der Waals surface area contributed by atoms with Crippen molar-refractivity contribution in [2.45, 2.75) is 94.0 Å². The fourth-order valence-electron chi connectivity index (χ4n) is 4.54. The molecule has 3 rings (SSSR count). The summed E-state index contributed by atoms with van der Waals surface area (Å²) in [5.41, 5.74) is 0. The Labute approximate surface area is 174 Å². The highest BCUT2D eigenvalue weighted by molar-refractivity contribution is 7.89. The second-order valence-electron chi connectivity index (χ2n) is 8.41. The molecule has 2 aliphatic rings. The Morgan fingerprint density at radius 1 is 0.897 bits per heavy atom. The lowest BCUT2D eigenvalue weighted by atomic mass is 9.95. The van der Waals surface area contributed by atoms with Crippen LogP contribution in [0.1, 0.15) is 77.0 Å². The Morgan fingerprint density at radius 2 is 1.41 bits per heavy atom. The van der Waals surface area contributed by atoms with Crippen LogP contribution in [0.15, 0.2) is 29.2 Å². The van der Waals surface area contributed by atoms with Crippen molar-refractivity contribution >= 4 is 15.9 Å². The van der Waals surface area contributed by atoms with Gasteiger partial charge < -0.3 is 5.32 Å². The monoisotopic (exact) mass is 424 g/mol. The summed E-state index contributed by atoms with van der Waals surface area (Å²) in [7, 11) is -3.86. The summed E-state index contributed by atoms with van der Waals surface area (Å²) in [5.74, 6) is -0.706. The number of halogens is 1. The Morgan fingerprint density at radius 3 is 2.03 bits per heavy atom. The third-order valence-corrected chi connectivity index (χ3v) is 8.08. The maximum atomic E-state index is 13.3. The molecule has 2 aliphatic carbocycles. The third-order valence-electron chi connectivity index (χ3n) is 6.17. The molecule has 1 N–H and O–H groups in total. The number of amides is 1. The molecule has 2 saturated carbocycles. The van der Waals surface area contributed by atoms with Crippen molar-refractivity contribution in [3.8, 4) is 0 Å². The average Bonchev–Trinajstić information content (AvgIpc) is 2.69. The molecule has 0 bridgehead atoms. The first-order chi connectivity index (χ1) is 14.0. The van der Waals surface area contributed by atoms with E-state index in [1.807, 2.05) is 0 Å². The summed E-state index contributed by atoms with van der Waals surface area (Å²) >= 11 is 0. The van der Waals surface area contributed by atoms with E-state index < -0.39 is 15.8 Å². The van der Waals surface area contributed by atoms with Crippen molar-refractivity contribution in [3.05, 3.63) is 30.1 Å². The van der Waals surface area contributed by atoms with Crippen LogP contribution in [-0.2, 0) is 14.8 Å². The van der Waals surface area contributed by atoms with Crippen molar-refractivity contribution in [2.75, 3.05) is 6.54 Å². The van der Waals surface area contributed by atoms with Gasteiger partial charge in [0.05, 0.1) is 11.4 Å². The molecule has 0 radical (unpaired) electrons. The van der Waals surface area contributed by atoms with Crippen molar-refractivity contribution < 1.29 is 17.6 Å². The van der Waals surface area contributed by atoms with Crippen LogP contribution in [0, 0.1) is 5.82 Å². The summed E-state index contributed by atoms with van der Waals surface area (Å²) in [5, 5.41) is 3.08. The fraction of sp³-hybridized carbons (Fsp3) is 0.682. The van der Waals surface area contributed by atoms with E-state index in [9.17, 15) is 17.6 Å². The zero-order valence-corrected chi connectivity index (χ0v) is 17.9. The van der Waals surface area contributed by atoms with Gasteiger partial charge in [0, 0.05) is 12.1 Å². The van der Waals surface area contributed by atoms with Crippen LogP contribution < -0.4 is 5.32 Å².